The van der Waals surface area contributed by atoms with E-state index in [-0.39, 0.29) is 12.1 Å². The second-order valence-corrected chi connectivity index (χ2v) is 6.42. The molecule has 1 aliphatic rings. The molecule has 0 radical (unpaired) electrons. The summed E-state index contributed by atoms with van der Waals surface area (Å²) in [6.45, 7) is 1.48. The van der Waals surface area contributed by atoms with Crippen LogP contribution in [-0.4, -0.2) is 51.6 Å². The number of carbonyl (C=O) groups excluding carboxylic acids is 1. The lowest BCUT2D eigenvalue weighted by Crippen LogP contribution is -2.48. The van der Waals surface area contributed by atoms with Gasteiger partial charge in [0.15, 0.2) is 0 Å². The smallest absolute Gasteiger partial charge is 0.317 e. The second kappa shape index (κ2) is 7.68. The van der Waals surface area contributed by atoms with Crippen molar-refractivity contribution in [2.45, 2.75) is 25.0 Å². The molecule has 7 heteroatoms. The summed E-state index contributed by atoms with van der Waals surface area (Å²) in [7, 11) is 0. The molecule has 2 amide bonds. The molecule has 1 saturated heterocycles. The standard InChI is InChI=1S/C17H21ClN4O2/c18-14-6-4-13(5-7-14)16(22-10-2-8-20-22)11-19-17(24)21-9-1-3-15(23)12-21/h2,4-8,10,15-16,23H,1,3,9,11-12H2,(H,19,24)/t15-,16-/m1/s1. The number of aromatic nitrogens is 2. The van der Waals surface area contributed by atoms with E-state index in [1.807, 2.05) is 41.2 Å². The molecule has 1 aliphatic heterocycles. The Morgan fingerprint density at radius 1 is 1.42 bits per heavy atom. The van der Waals surface area contributed by atoms with Crippen LogP contribution in [0.2, 0.25) is 5.02 Å². The van der Waals surface area contributed by atoms with Gasteiger partial charge in [0.2, 0.25) is 0 Å². The molecule has 0 spiro atoms. The van der Waals surface area contributed by atoms with E-state index in [4.69, 9.17) is 11.6 Å². The van der Waals surface area contributed by atoms with Crippen LogP contribution < -0.4 is 5.32 Å². The number of likely N-dealkylation sites (tertiary alicyclic amines) is 1. The highest BCUT2D eigenvalue weighted by Gasteiger charge is 2.23. The lowest BCUT2D eigenvalue weighted by atomic mass is 10.1. The first-order valence-corrected chi connectivity index (χ1v) is 8.46. The molecule has 1 aromatic heterocycles. The van der Waals surface area contributed by atoms with E-state index in [0.29, 0.717) is 24.7 Å². The molecular weight excluding hydrogens is 328 g/mol. The van der Waals surface area contributed by atoms with Crippen LogP contribution in [0.4, 0.5) is 4.79 Å². The monoisotopic (exact) mass is 348 g/mol. The minimum absolute atomic E-state index is 0.115. The van der Waals surface area contributed by atoms with E-state index in [1.54, 1.807) is 11.1 Å². The van der Waals surface area contributed by atoms with Crippen LogP contribution in [0.5, 0.6) is 0 Å². The van der Waals surface area contributed by atoms with E-state index in [9.17, 15) is 9.90 Å². The summed E-state index contributed by atoms with van der Waals surface area (Å²) in [4.78, 5) is 14.0. The molecule has 2 atom stereocenters. The fourth-order valence-corrected chi connectivity index (χ4v) is 3.08. The van der Waals surface area contributed by atoms with Crippen molar-refractivity contribution in [3.8, 4) is 0 Å². The van der Waals surface area contributed by atoms with Crippen LogP contribution >= 0.6 is 11.6 Å². The molecule has 0 unspecified atom stereocenters. The molecule has 1 fully saturated rings. The first-order valence-electron chi connectivity index (χ1n) is 8.09. The van der Waals surface area contributed by atoms with Gasteiger partial charge in [-0.25, -0.2) is 4.79 Å². The number of hydrogen-bond donors (Lipinski definition) is 2. The predicted molar refractivity (Wildman–Crippen MR) is 92.0 cm³/mol. The number of amides is 2. The molecule has 128 valence electrons. The number of urea groups is 1. The number of piperidine rings is 1. The van der Waals surface area contributed by atoms with Gasteiger partial charge in [-0.05, 0) is 36.6 Å². The third-order valence-corrected chi connectivity index (χ3v) is 4.48. The summed E-state index contributed by atoms with van der Waals surface area (Å²) in [5.74, 6) is 0. The highest BCUT2D eigenvalue weighted by atomic mass is 35.5. The molecule has 0 bridgehead atoms. The fourth-order valence-electron chi connectivity index (χ4n) is 2.95. The van der Waals surface area contributed by atoms with Gasteiger partial charge in [-0.1, -0.05) is 23.7 Å². The Morgan fingerprint density at radius 3 is 2.88 bits per heavy atom. The number of carbonyl (C=O) groups is 1. The van der Waals surface area contributed by atoms with E-state index >= 15 is 0 Å². The maximum atomic E-state index is 12.4. The number of benzene rings is 1. The number of aliphatic hydroxyl groups is 1. The summed E-state index contributed by atoms with van der Waals surface area (Å²) >= 11 is 5.96. The van der Waals surface area contributed by atoms with Crippen LogP contribution in [0.3, 0.4) is 0 Å². The van der Waals surface area contributed by atoms with Gasteiger partial charge in [-0.15, -0.1) is 0 Å². The van der Waals surface area contributed by atoms with Gasteiger partial charge in [0.05, 0.1) is 12.1 Å². The van der Waals surface area contributed by atoms with Crippen molar-refractivity contribution >= 4 is 17.6 Å². The van der Waals surface area contributed by atoms with Crippen molar-refractivity contribution in [1.29, 1.82) is 0 Å². The average Bonchev–Trinajstić information content (AvgIpc) is 3.11. The van der Waals surface area contributed by atoms with Gasteiger partial charge < -0.3 is 15.3 Å². The molecular formula is C17H21ClN4O2. The van der Waals surface area contributed by atoms with Gasteiger partial charge in [-0.2, -0.15) is 5.10 Å². The van der Waals surface area contributed by atoms with E-state index in [0.717, 1.165) is 18.4 Å². The highest BCUT2D eigenvalue weighted by Crippen LogP contribution is 2.19. The Labute approximate surface area is 146 Å². The lowest BCUT2D eigenvalue weighted by Gasteiger charge is -2.30. The van der Waals surface area contributed by atoms with Gasteiger partial charge in [0, 0.05) is 37.1 Å². The lowest BCUT2D eigenvalue weighted by molar-refractivity contribution is 0.0841. The van der Waals surface area contributed by atoms with Crippen LogP contribution in [0.25, 0.3) is 0 Å². The third-order valence-electron chi connectivity index (χ3n) is 4.23. The summed E-state index contributed by atoms with van der Waals surface area (Å²) < 4.78 is 1.81. The van der Waals surface area contributed by atoms with Gasteiger partial charge in [-0.3, -0.25) is 4.68 Å². The van der Waals surface area contributed by atoms with Crippen LogP contribution in [0.1, 0.15) is 24.4 Å². The van der Waals surface area contributed by atoms with E-state index in [1.165, 1.54) is 0 Å². The SMILES string of the molecule is O=C(NC[C@H](c1ccc(Cl)cc1)n1cccn1)N1CCC[C@@H](O)C1. The van der Waals surface area contributed by atoms with Crippen molar-refractivity contribution in [3.63, 3.8) is 0 Å². The topological polar surface area (TPSA) is 70.4 Å². The van der Waals surface area contributed by atoms with Crippen LogP contribution in [-0.2, 0) is 0 Å². The molecule has 0 aliphatic carbocycles. The number of halogens is 1. The quantitative estimate of drug-likeness (QED) is 0.890. The van der Waals surface area contributed by atoms with Crippen molar-refractivity contribution in [2.24, 2.45) is 0 Å². The number of aliphatic hydroxyl groups excluding tert-OH is 1. The zero-order valence-electron chi connectivity index (χ0n) is 13.3. The van der Waals surface area contributed by atoms with Crippen molar-refractivity contribution in [1.82, 2.24) is 20.0 Å². The maximum absolute atomic E-state index is 12.4. The maximum Gasteiger partial charge on any atom is 0.317 e. The van der Waals surface area contributed by atoms with Gasteiger partial charge in [0.25, 0.3) is 0 Å². The summed E-state index contributed by atoms with van der Waals surface area (Å²) in [6, 6.07) is 9.12. The van der Waals surface area contributed by atoms with Crippen molar-refractivity contribution < 1.29 is 9.90 Å². The minimum atomic E-state index is -0.428. The zero-order valence-corrected chi connectivity index (χ0v) is 14.1. The number of β-amino-alcohol motifs (C(OH)–C–C–N with tert-alkyl or cyclic N) is 1. The summed E-state index contributed by atoms with van der Waals surface area (Å²) in [5, 5.41) is 17.6. The number of nitrogens with one attached hydrogen (secondary N) is 1. The number of nitrogens with zero attached hydrogens (tertiary/aromatic N) is 3. The van der Waals surface area contributed by atoms with Crippen molar-refractivity contribution in [2.75, 3.05) is 19.6 Å². The summed E-state index contributed by atoms with van der Waals surface area (Å²) in [5.41, 5.74) is 1.02. The van der Waals surface area contributed by atoms with E-state index in [2.05, 4.69) is 10.4 Å². The Kier molecular flexibility index (Phi) is 5.37. The van der Waals surface area contributed by atoms with Crippen LogP contribution in [0, 0.1) is 0 Å². The largest absolute Gasteiger partial charge is 0.391 e. The number of hydrogen-bond acceptors (Lipinski definition) is 3. The third kappa shape index (κ3) is 4.07. The Balaban J connectivity index is 1.68. The summed E-state index contributed by atoms with van der Waals surface area (Å²) in [6.07, 6.45) is 4.74. The van der Waals surface area contributed by atoms with E-state index < -0.39 is 6.10 Å². The molecule has 0 saturated carbocycles. The van der Waals surface area contributed by atoms with Gasteiger partial charge >= 0.3 is 6.03 Å². The normalized spacial score (nSPS) is 19.1. The van der Waals surface area contributed by atoms with Crippen molar-refractivity contribution in [3.05, 3.63) is 53.3 Å². The molecule has 2 heterocycles. The molecule has 1 aromatic carbocycles. The highest BCUT2D eigenvalue weighted by molar-refractivity contribution is 6.30. The average molecular weight is 349 g/mol. The molecule has 3 rings (SSSR count). The Bertz CT molecular complexity index is 660. The minimum Gasteiger partial charge on any atom is -0.391 e. The molecule has 2 aromatic rings. The fraction of sp³-hybridized carbons (Fsp3) is 0.412. The first-order chi connectivity index (χ1) is 11.6. The molecule has 6 nitrogen and oxygen atoms in total. The predicted octanol–water partition coefficient (Wildman–Crippen LogP) is 2.29. The molecule has 24 heavy (non-hydrogen) atoms. The Morgan fingerprint density at radius 2 is 2.21 bits per heavy atom. The van der Waals surface area contributed by atoms with Gasteiger partial charge in [0.1, 0.15) is 0 Å². The Hall–Kier alpha value is -2.05. The van der Waals surface area contributed by atoms with Crippen LogP contribution in [0.15, 0.2) is 42.7 Å². The number of rotatable bonds is 4. The zero-order chi connectivity index (χ0) is 16.9. The first kappa shape index (κ1) is 16.8. The second-order valence-electron chi connectivity index (χ2n) is 5.98. The molecule has 2 N–H and O–H groups in total.